The van der Waals surface area contributed by atoms with Gasteiger partial charge in [0.2, 0.25) is 0 Å². The van der Waals surface area contributed by atoms with Crippen molar-refractivity contribution in [3.63, 3.8) is 0 Å². The summed E-state index contributed by atoms with van der Waals surface area (Å²) in [6, 6.07) is 19.1. The van der Waals surface area contributed by atoms with Gasteiger partial charge in [-0.15, -0.1) is 11.3 Å². The first kappa shape index (κ1) is 21.7. The van der Waals surface area contributed by atoms with Crippen molar-refractivity contribution in [3.8, 4) is 22.5 Å². The fraction of sp³-hybridized carbons (Fsp3) is 0.0385. The number of benzene rings is 2. The Morgan fingerprint density at radius 1 is 1.03 bits per heavy atom. The maximum absolute atomic E-state index is 13.4. The zero-order valence-corrected chi connectivity index (χ0v) is 19.8. The summed E-state index contributed by atoms with van der Waals surface area (Å²) in [7, 11) is 0. The van der Waals surface area contributed by atoms with E-state index in [4.69, 9.17) is 5.73 Å². The zero-order chi connectivity index (χ0) is 24.8. The molecule has 0 aliphatic rings. The van der Waals surface area contributed by atoms with Gasteiger partial charge in [0.25, 0.3) is 11.8 Å². The predicted molar refractivity (Wildman–Crippen MR) is 139 cm³/mol. The van der Waals surface area contributed by atoms with Crippen LogP contribution < -0.4 is 11.1 Å². The van der Waals surface area contributed by atoms with Crippen LogP contribution in [0.1, 0.15) is 26.7 Å². The molecule has 6 aromatic rings. The summed E-state index contributed by atoms with van der Waals surface area (Å²) in [5.41, 5.74) is 11.1. The second-order valence-corrected chi connectivity index (χ2v) is 9.06. The lowest BCUT2D eigenvalue weighted by Gasteiger charge is -2.09. The predicted octanol–water partition coefficient (Wildman–Crippen LogP) is 4.66. The molecule has 0 atom stereocenters. The number of carbonyl (C=O) groups excluding carboxylic acids is 2. The summed E-state index contributed by atoms with van der Waals surface area (Å²) in [5.74, 6) is -1.13. The number of hydrogen-bond acceptors (Lipinski definition) is 6. The van der Waals surface area contributed by atoms with Crippen LogP contribution in [0.25, 0.3) is 39.1 Å². The second-order valence-electron chi connectivity index (χ2n) is 8.21. The number of thiazole rings is 1. The van der Waals surface area contributed by atoms with Crippen molar-refractivity contribution in [1.82, 2.24) is 24.3 Å². The molecule has 0 bridgehead atoms. The fourth-order valence-corrected chi connectivity index (χ4v) is 4.99. The molecule has 0 saturated heterocycles. The summed E-state index contributed by atoms with van der Waals surface area (Å²) in [6.07, 6.45) is 1.37. The largest absolute Gasteiger partial charge is 0.364 e. The number of fused-ring (bicyclic) bond motifs is 2. The highest BCUT2D eigenvalue weighted by atomic mass is 32.1. The van der Waals surface area contributed by atoms with Crippen LogP contribution >= 0.6 is 11.3 Å². The minimum atomic E-state index is -0.722. The molecule has 36 heavy (non-hydrogen) atoms. The van der Waals surface area contributed by atoms with Crippen LogP contribution in [-0.4, -0.2) is 36.2 Å². The van der Waals surface area contributed by atoms with Crippen LogP contribution in [0.15, 0.2) is 72.4 Å². The summed E-state index contributed by atoms with van der Waals surface area (Å²) in [5, 5.41) is 6.31. The molecule has 2 amide bonds. The third-order valence-corrected chi connectivity index (χ3v) is 6.67. The van der Waals surface area contributed by atoms with Crippen LogP contribution in [0.4, 0.5) is 5.13 Å². The van der Waals surface area contributed by atoms with E-state index in [0.717, 1.165) is 33.4 Å². The van der Waals surface area contributed by atoms with Crippen molar-refractivity contribution in [2.75, 3.05) is 5.32 Å². The van der Waals surface area contributed by atoms with Gasteiger partial charge in [0.15, 0.2) is 16.5 Å². The number of carbonyl (C=O) groups is 2. The maximum atomic E-state index is 13.4. The molecule has 0 fully saturated rings. The molecular formula is C26H19N7O2S. The van der Waals surface area contributed by atoms with Gasteiger partial charge >= 0.3 is 0 Å². The third kappa shape index (κ3) is 3.60. The van der Waals surface area contributed by atoms with E-state index in [9.17, 15) is 9.59 Å². The van der Waals surface area contributed by atoms with Gasteiger partial charge in [-0.3, -0.25) is 19.3 Å². The molecule has 0 aliphatic carbocycles. The van der Waals surface area contributed by atoms with Crippen molar-refractivity contribution >= 4 is 44.8 Å². The molecule has 0 spiro atoms. The van der Waals surface area contributed by atoms with Gasteiger partial charge in [-0.1, -0.05) is 48.5 Å². The Morgan fingerprint density at radius 3 is 2.61 bits per heavy atom. The molecule has 4 N–H and O–H groups in total. The summed E-state index contributed by atoms with van der Waals surface area (Å²) < 4.78 is 1.46. The fourth-order valence-electron chi connectivity index (χ4n) is 4.29. The molecule has 4 heterocycles. The van der Waals surface area contributed by atoms with Gasteiger partial charge in [0.05, 0.1) is 11.4 Å². The summed E-state index contributed by atoms with van der Waals surface area (Å²) >= 11 is 1.33. The number of aromatic nitrogens is 5. The summed E-state index contributed by atoms with van der Waals surface area (Å²) in [4.78, 5) is 42.0. The van der Waals surface area contributed by atoms with E-state index in [-0.39, 0.29) is 17.0 Å². The van der Waals surface area contributed by atoms with Crippen LogP contribution in [0, 0.1) is 6.92 Å². The standard InChI is InChI=1S/C26H19N7O2S/c1-14-21(16-9-5-6-10-17(16)29-14)19-12-36-26(31-19)32-25(35)20-11-18(15-7-3-2-4-8-15)30-24-22(23(27)34)28-13-33(20)24/h2-13,29H,1H3,(H2,27,34)(H,31,32,35). The lowest BCUT2D eigenvalue weighted by atomic mass is 10.1. The first-order valence-corrected chi connectivity index (χ1v) is 12.0. The van der Waals surface area contributed by atoms with Crippen molar-refractivity contribution in [2.45, 2.75) is 6.92 Å². The highest BCUT2D eigenvalue weighted by Gasteiger charge is 2.21. The van der Waals surface area contributed by atoms with Gasteiger partial charge in [-0.05, 0) is 19.1 Å². The Kier molecular flexibility index (Phi) is 5.08. The number of amides is 2. The smallest absolute Gasteiger partial charge is 0.274 e. The number of rotatable bonds is 5. The number of anilines is 1. The molecule has 4 aromatic heterocycles. The number of nitrogens with zero attached hydrogens (tertiary/aromatic N) is 4. The van der Waals surface area contributed by atoms with Crippen molar-refractivity contribution in [3.05, 3.63) is 89.5 Å². The molecule has 2 aromatic carbocycles. The zero-order valence-electron chi connectivity index (χ0n) is 19.0. The highest BCUT2D eigenvalue weighted by Crippen LogP contribution is 2.34. The molecular weight excluding hydrogens is 474 g/mol. The first-order valence-electron chi connectivity index (χ1n) is 11.1. The number of nitrogens with two attached hydrogens (primary N) is 1. The Hall–Kier alpha value is -4.83. The van der Waals surface area contributed by atoms with Crippen molar-refractivity contribution < 1.29 is 9.59 Å². The number of hydrogen-bond donors (Lipinski definition) is 3. The molecule has 0 unspecified atom stereocenters. The number of para-hydroxylation sites is 1. The van der Waals surface area contributed by atoms with E-state index in [0.29, 0.717) is 10.8 Å². The average Bonchev–Trinajstić information content (AvgIpc) is 3.60. The Morgan fingerprint density at radius 2 is 1.81 bits per heavy atom. The van der Waals surface area contributed by atoms with E-state index in [1.165, 1.54) is 22.1 Å². The van der Waals surface area contributed by atoms with Crippen LogP contribution in [0.2, 0.25) is 0 Å². The molecule has 0 radical (unpaired) electrons. The van der Waals surface area contributed by atoms with E-state index in [1.807, 2.05) is 66.9 Å². The van der Waals surface area contributed by atoms with E-state index >= 15 is 0 Å². The van der Waals surface area contributed by atoms with Crippen LogP contribution in [-0.2, 0) is 0 Å². The van der Waals surface area contributed by atoms with E-state index < -0.39 is 11.8 Å². The van der Waals surface area contributed by atoms with E-state index in [2.05, 4.69) is 25.3 Å². The maximum Gasteiger partial charge on any atom is 0.274 e. The molecule has 176 valence electrons. The lowest BCUT2D eigenvalue weighted by molar-refractivity contribution is 0.0993. The number of nitrogens with one attached hydrogen (secondary N) is 2. The molecule has 6 rings (SSSR count). The van der Waals surface area contributed by atoms with E-state index in [1.54, 1.807) is 6.07 Å². The Balaban J connectivity index is 1.39. The van der Waals surface area contributed by atoms with Crippen LogP contribution in [0.5, 0.6) is 0 Å². The topological polar surface area (TPSA) is 131 Å². The van der Waals surface area contributed by atoms with Crippen molar-refractivity contribution in [1.29, 1.82) is 0 Å². The van der Waals surface area contributed by atoms with Gasteiger partial charge in [-0.25, -0.2) is 15.0 Å². The molecule has 9 nitrogen and oxygen atoms in total. The lowest BCUT2D eigenvalue weighted by Crippen LogP contribution is -2.17. The first-order chi connectivity index (χ1) is 17.5. The Labute approximate surface area is 208 Å². The van der Waals surface area contributed by atoms with Gasteiger partial charge in [0.1, 0.15) is 12.0 Å². The molecule has 0 aliphatic heterocycles. The number of H-pyrrole nitrogens is 1. The quantitative estimate of drug-likeness (QED) is 0.321. The number of aryl methyl sites for hydroxylation is 1. The number of imidazole rings is 1. The normalized spacial score (nSPS) is 11.2. The van der Waals surface area contributed by atoms with Gasteiger partial charge in [-0.2, -0.15) is 0 Å². The highest BCUT2D eigenvalue weighted by molar-refractivity contribution is 7.14. The van der Waals surface area contributed by atoms with Crippen molar-refractivity contribution in [2.24, 2.45) is 5.73 Å². The molecule has 0 saturated carbocycles. The second kappa shape index (κ2) is 8.43. The monoisotopic (exact) mass is 493 g/mol. The third-order valence-electron chi connectivity index (χ3n) is 5.91. The SMILES string of the molecule is Cc1[nH]c2ccccc2c1-c1csc(NC(=O)c2cc(-c3ccccc3)nc3c(C(N)=O)ncn23)n1. The average molecular weight is 494 g/mol. The van der Waals surface area contributed by atoms with Crippen LogP contribution in [0.3, 0.4) is 0 Å². The molecule has 10 heteroatoms. The van der Waals surface area contributed by atoms with Gasteiger partial charge < -0.3 is 10.7 Å². The Bertz CT molecular complexity index is 1780. The number of aromatic amines is 1. The number of primary amides is 1. The minimum Gasteiger partial charge on any atom is -0.364 e. The summed E-state index contributed by atoms with van der Waals surface area (Å²) in [6.45, 7) is 2.00. The minimum absolute atomic E-state index is 0.00632. The van der Waals surface area contributed by atoms with Gasteiger partial charge in [0, 0.05) is 33.1 Å².